The minimum atomic E-state index is -0.332. The van der Waals surface area contributed by atoms with Crippen LogP contribution in [0.1, 0.15) is 6.92 Å². The van der Waals surface area contributed by atoms with Crippen LogP contribution >= 0.6 is 11.8 Å². The van der Waals surface area contributed by atoms with Crippen molar-refractivity contribution in [3.63, 3.8) is 0 Å². The maximum Gasteiger partial charge on any atom is 0.189 e. The van der Waals surface area contributed by atoms with Crippen molar-refractivity contribution < 1.29 is 9.13 Å². The summed E-state index contributed by atoms with van der Waals surface area (Å²) >= 11 is 1.46. The molecule has 0 fully saturated rings. The first-order chi connectivity index (χ1) is 9.22. The lowest BCUT2D eigenvalue weighted by Gasteiger charge is -2.12. The molecule has 0 amide bonds. The molecule has 2 rings (SSSR count). The van der Waals surface area contributed by atoms with E-state index in [1.807, 2.05) is 13.2 Å². The predicted molar refractivity (Wildman–Crippen MR) is 74.7 cm³/mol. The smallest absolute Gasteiger partial charge is 0.189 e. The highest BCUT2D eigenvalue weighted by molar-refractivity contribution is 7.98. The minimum absolute atomic E-state index is 0.332. The van der Waals surface area contributed by atoms with Crippen molar-refractivity contribution in [2.24, 2.45) is 0 Å². The molecule has 0 spiro atoms. The van der Waals surface area contributed by atoms with Gasteiger partial charge in [0.1, 0.15) is 17.4 Å². The van der Waals surface area contributed by atoms with E-state index in [-0.39, 0.29) is 5.82 Å². The van der Waals surface area contributed by atoms with Crippen molar-refractivity contribution in [1.29, 1.82) is 0 Å². The molecule has 0 aliphatic rings. The van der Waals surface area contributed by atoms with E-state index in [1.54, 1.807) is 18.3 Å². The summed E-state index contributed by atoms with van der Waals surface area (Å²) in [6, 6.07) is 6.10. The third kappa shape index (κ3) is 3.57. The quantitative estimate of drug-likeness (QED) is 0.670. The van der Waals surface area contributed by atoms with Gasteiger partial charge in [-0.15, -0.1) is 0 Å². The third-order valence-corrected chi connectivity index (χ3v) is 2.88. The number of hydrogen-bond donors (Lipinski definition) is 1. The number of halogens is 1. The number of rotatable bonds is 5. The standard InChI is InChI=1S/C13H14FN3OS/c1-3-18-11-8-9(14)4-5-10(11)16-12-6-7-15-13(17-12)19-2/h4-8H,3H2,1-2H3,(H,15,16,17). The maximum absolute atomic E-state index is 13.2. The summed E-state index contributed by atoms with van der Waals surface area (Å²) in [6.07, 6.45) is 3.58. The zero-order valence-electron chi connectivity index (χ0n) is 10.7. The second kappa shape index (κ2) is 6.38. The number of nitrogens with one attached hydrogen (secondary N) is 1. The molecule has 0 aliphatic heterocycles. The van der Waals surface area contributed by atoms with E-state index in [2.05, 4.69) is 15.3 Å². The van der Waals surface area contributed by atoms with Crippen molar-refractivity contribution in [2.75, 3.05) is 18.2 Å². The molecule has 1 aromatic carbocycles. The van der Waals surface area contributed by atoms with Gasteiger partial charge in [-0.3, -0.25) is 0 Å². The van der Waals surface area contributed by atoms with Crippen LogP contribution in [0.25, 0.3) is 0 Å². The van der Waals surface area contributed by atoms with Gasteiger partial charge < -0.3 is 10.1 Å². The molecule has 0 unspecified atom stereocenters. The number of aromatic nitrogens is 2. The van der Waals surface area contributed by atoms with E-state index in [0.717, 1.165) is 0 Å². The fourth-order valence-corrected chi connectivity index (χ4v) is 1.88. The van der Waals surface area contributed by atoms with E-state index < -0.39 is 0 Å². The molecule has 0 bridgehead atoms. The molecule has 1 heterocycles. The molecule has 2 aromatic rings. The molecule has 0 aliphatic carbocycles. The molecule has 0 saturated carbocycles. The van der Waals surface area contributed by atoms with E-state index >= 15 is 0 Å². The summed E-state index contributed by atoms with van der Waals surface area (Å²) in [7, 11) is 0. The van der Waals surface area contributed by atoms with Crippen LogP contribution in [0.5, 0.6) is 5.75 Å². The fraction of sp³-hybridized carbons (Fsp3) is 0.231. The van der Waals surface area contributed by atoms with Gasteiger partial charge in [-0.1, -0.05) is 11.8 Å². The van der Waals surface area contributed by atoms with Gasteiger partial charge in [0.15, 0.2) is 5.16 Å². The van der Waals surface area contributed by atoms with Gasteiger partial charge >= 0.3 is 0 Å². The van der Waals surface area contributed by atoms with Crippen molar-refractivity contribution in [2.45, 2.75) is 12.1 Å². The lowest BCUT2D eigenvalue weighted by molar-refractivity contribution is 0.340. The monoisotopic (exact) mass is 279 g/mol. The largest absolute Gasteiger partial charge is 0.492 e. The zero-order chi connectivity index (χ0) is 13.7. The zero-order valence-corrected chi connectivity index (χ0v) is 11.5. The van der Waals surface area contributed by atoms with E-state index in [4.69, 9.17) is 4.74 Å². The molecule has 1 N–H and O–H groups in total. The summed E-state index contributed by atoms with van der Waals surface area (Å²) in [5.41, 5.74) is 0.675. The van der Waals surface area contributed by atoms with Gasteiger partial charge in [-0.2, -0.15) is 0 Å². The lowest BCUT2D eigenvalue weighted by atomic mass is 10.3. The van der Waals surface area contributed by atoms with Crippen molar-refractivity contribution in [3.05, 3.63) is 36.3 Å². The van der Waals surface area contributed by atoms with Crippen LogP contribution in [0.2, 0.25) is 0 Å². The summed E-state index contributed by atoms with van der Waals surface area (Å²) in [6.45, 7) is 2.32. The van der Waals surface area contributed by atoms with Crippen LogP contribution in [-0.2, 0) is 0 Å². The Bertz CT molecular complexity index is 565. The highest BCUT2D eigenvalue weighted by atomic mass is 32.2. The first-order valence-corrected chi connectivity index (χ1v) is 7.02. The Hall–Kier alpha value is -1.82. The fourth-order valence-electron chi connectivity index (χ4n) is 1.52. The SMILES string of the molecule is CCOc1cc(F)ccc1Nc1ccnc(SC)n1. The van der Waals surface area contributed by atoms with Gasteiger partial charge in [0.2, 0.25) is 0 Å². The second-order valence-electron chi connectivity index (χ2n) is 3.63. The molecule has 19 heavy (non-hydrogen) atoms. The van der Waals surface area contributed by atoms with Crippen LogP contribution in [0, 0.1) is 5.82 Å². The average Bonchev–Trinajstić information content (AvgIpc) is 2.42. The van der Waals surface area contributed by atoms with Gasteiger partial charge in [-0.25, -0.2) is 14.4 Å². The molecule has 6 heteroatoms. The molecule has 0 atom stereocenters. The number of thioether (sulfide) groups is 1. The van der Waals surface area contributed by atoms with Crippen LogP contribution in [0.15, 0.2) is 35.6 Å². The Morgan fingerprint density at radius 3 is 2.95 bits per heavy atom. The van der Waals surface area contributed by atoms with E-state index in [0.29, 0.717) is 29.0 Å². The van der Waals surface area contributed by atoms with E-state index in [9.17, 15) is 4.39 Å². The highest BCUT2D eigenvalue weighted by Crippen LogP contribution is 2.28. The molecule has 100 valence electrons. The van der Waals surface area contributed by atoms with Gasteiger partial charge in [0.05, 0.1) is 12.3 Å². The van der Waals surface area contributed by atoms with Crippen LogP contribution in [0.4, 0.5) is 15.9 Å². The van der Waals surface area contributed by atoms with Crippen LogP contribution in [0.3, 0.4) is 0 Å². The number of anilines is 2. The summed E-state index contributed by atoms with van der Waals surface area (Å²) < 4.78 is 18.6. The molecule has 0 saturated heterocycles. The summed E-state index contributed by atoms with van der Waals surface area (Å²) in [5.74, 6) is 0.778. The molecule has 4 nitrogen and oxygen atoms in total. The molecular formula is C13H14FN3OS. The van der Waals surface area contributed by atoms with Gasteiger partial charge in [-0.05, 0) is 31.4 Å². The topological polar surface area (TPSA) is 47.0 Å². The predicted octanol–water partition coefficient (Wildman–Crippen LogP) is 3.48. The lowest BCUT2D eigenvalue weighted by Crippen LogP contribution is -2.00. The number of hydrogen-bond acceptors (Lipinski definition) is 5. The average molecular weight is 279 g/mol. The Kier molecular flexibility index (Phi) is 4.57. The first kappa shape index (κ1) is 13.6. The number of ether oxygens (including phenoxy) is 1. The second-order valence-corrected chi connectivity index (χ2v) is 4.40. The molecule has 1 aromatic heterocycles. The number of benzene rings is 1. The first-order valence-electron chi connectivity index (χ1n) is 5.79. The summed E-state index contributed by atoms with van der Waals surface area (Å²) in [4.78, 5) is 8.39. The van der Waals surface area contributed by atoms with Crippen molar-refractivity contribution >= 4 is 23.3 Å². The van der Waals surface area contributed by atoms with Crippen molar-refractivity contribution in [3.8, 4) is 5.75 Å². The highest BCUT2D eigenvalue weighted by Gasteiger charge is 2.07. The molecule has 0 radical (unpaired) electrons. The Morgan fingerprint density at radius 2 is 2.21 bits per heavy atom. The van der Waals surface area contributed by atoms with Crippen LogP contribution in [-0.4, -0.2) is 22.8 Å². The van der Waals surface area contributed by atoms with Crippen LogP contribution < -0.4 is 10.1 Å². The third-order valence-electron chi connectivity index (χ3n) is 2.32. The van der Waals surface area contributed by atoms with Gasteiger partial charge in [0, 0.05) is 12.3 Å². The minimum Gasteiger partial charge on any atom is -0.492 e. The summed E-state index contributed by atoms with van der Waals surface area (Å²) in [5, 5.41) is 3.77. The normalized spacial score (nSPS) is 10.3. The maximum atomic E-state index is 13.2. The Labute approximate surface area is 115 Å². The number of nitrogens with zero attached hydrogens (tertiary/aromatic N) is 2. The Morgan fingerprint density at radius 1 is 1.37 bits per heavy atom. The Balaban J connectivity index is 2.26. The van der Waals surface area contributed by atoms with Gasteiger partial charge in [0.25, 0.3) is 0 Å². The van der Waals surface area contributed by atoms with Crippen molar-refractivity contribution in [1.82, 2.24) is 9.97 Å². The van der Waals surface area contributed by atoms with E-state index in [1.165, 1.54) is 23.9 Å². The molecular weight excluding hydrogens is 265 g/mol.